The number of nitro groups is 1. The van der Waals surface area contributed by atoms with Crippen molar-refractivity contribution >= 4 is 11.4 Å². The van der Waals surface area contributed by atoms with Crippen molar-refractivity contribution in [2.75, 3.05) is 18.5 Å². The van der Waals surface area contributed by atoms with E-state index in [0.717, 1.165) is 0 Å². The monoisotopic (exact) mass is 249 g/mol. The van der Waals surface area contributed by atoms with Crippen LogP contribution in [-0.4, -0.2) is 29.7 Å². The molecule has 6 nitrogen and oxygen atoms in total. The maximum Gasteiger partial charge on any atom is 0.310 e. The summed E-state index contributed by atoms with van der Waals surface area (Å²) in [7, 11) is 1.70. The smallest absolute Gasteiger partial charge is 0.310 e. The third-order valence-electron chi connectivity index (χ3n) is 2.61. The zero-order valence-corrected chi connectivity index (χ0v) is 10.3. The van der Waals surface area contributed by atoms with E-state index in [-0.39, 0.29) is 11.3 Å². The maximum atomic E-state index is 11.0. The molecule has 0 saturated carbocycles. The molecule has 1 rings (SSSR count). The third-order valence-corrected chi connectivity index (χ3v) is 2.61. The largest absolute Gasteiger partial charge is 0.393 e. The summed E-state index contributed by atoms with van der Waals surface area (Å²) in [6.07, 6.45) is 0.0374. The van der Waals surface area contributed by atoms with Crippen LogP contribution in [0.1, 0.15) is 18.9 Å². The first-order valence-corrected chi connectivity index (χ1v) is 5.54. The zero-order valence-electron chi connectivity index (χ0n) is 10.3. The first kappa shape index (κ1) is 13.9. The van der Waals surface area contributed by atoms with Crippen LogP contribution in [0.25, 0.3) is 0 Å². The minimum absolute atomic E-state index is 0.0430. The van der Waals surface area contributed by atoms with Crippen LogP contribution in [0.2, 0.25) is 0 Å². The molecule has 0 amide bonds. The summed E-state index contributed by atoms with van der Waals surface area (Å²) in [5, 5.41) is 29.1. The number of para-hydroxylation sites is 1. The number of hydrogen-bond donors (Lipinski definition) is 1. The number of hydrogen-bond acceptors (Lipinski definition) is 5. The molecule has 96 valence electrons. The molecule has 0 saturated heterocycles. The molecule has 0 fully saturated rings. The van der Waals surface area contributed by atoms with Gasteiger partial charge in [-0.15, -0.1) is 0 Å². The molecule has 6 heteroatoms. The molecule has 0 aromatic heterocycles. The maximum absolute atomic E-state index is 11.0. The summed E-state index contributed by atoms with van der Waals surface area (Å²) in [6, 6.07) is 6.45. The lowest BCUT2D eigenvalue weighted by Gasteiger charge is -2.20. The lowest BCUT2D eigenvalue weighted by atomic mass is 10.1. The molecule has 0 aliphatic rings. The number of aliphatic hydroxyl groups excluding tert-OH is 1. The molecule has 0 aliphatic heterocycles. The fourth-order valence-corrected chi connectivity index (χ4v) is 1.62. The Bertz CT molecular complexity index is 480. The summed E-state index contributed by atoms with van der Waals surface area (Å²) < 4.78 is 0. The van der Waals surface area contributed by atoms with Crippen LogP contribution in [0.4, 0.5) is 11.4 Å². The van der Waals surface area contributed by atoms with E-state index in [4.69, 9.17) is 5.26 Å². The van der Waals surface area contributed by atoms with Crippen LogP contribution in [0.15, 0.2) is 18.2 Å². The fraction of sp³-hybridized carbons (Fsp3) is 0.417. The zero-order chi connectivity index (χ0) is 13.7. The molecule has 1 atom stereocenters. The van der Waals surface area contributed by atoms with Crippen LogP contribution in [0, 0.1) is 21.4 Å². The van der Waals surface area contributed by atoms with Crippen LogP contribution in [0.3, 0.4) is 0 Å². The van der Waals surface area contributed by atoms with E-state index in [9.17, 15) is 15.2 Å². The Morgan fingerprint density at radius 3 is 2.78 bits per heavy atom. The van der Waals surface area contributed by atoms with Gasteiger partial charge in [0.1, 0.15) is 17.3 Å². The van der Waals surface area contributed by atoms with E-state index in [1.54, 1.807) is 31.0 Å². The van der Waals surface area contributed by atoms with E-state index in [2.05, 4.69) is 0 Å². The minimum Gasteiger partial charge on any atom is -0.393 e. The van der Waals surface area contributed by atoms with E-state index in [1.165, 1.54) is 6.07 Å². The predicted molar refractivity (Wildman–Crippen MR) is 67.4 cm³/mol. The van der Waals surface area contributed by atoms with Gasteiger partial charge < -0.3 is 10.0 Å². The SMILES string of the molecule is CC(O)CCN(C)c1cccc(C#N)c1[N+](=O)[O-]. The van der Waals surface area contributed by atoms with Crippen molar-refractivity contribution in [3.63, 3.8) is 0 Å². The number of rotatable bonds is 5. The molecule has 1 N–H and O–H groups in total. The number of nitrogens with zero attached hydrogens (tertiary/aromatic N) is 3. The molecule has 1 aromatic carbocycles. The standard InChI is InChI=1S/C12H15N3O3/c1-9(16)6-7-14(2)11-5-3-4-10(8-13)12(11)15(17)18/h3-5,9,16H,6-7H2,1-2H3. The highest BCUT2D eigenvalue weighted by atomic mass is 16.6. The molecule has 0 radical (unpaired) electrons. The number of anilines is 1. The minimum atomic E-state index is -0.549. The summed E-state index contributed by atoms with van der Waals surface area (Å²) in [4.78, 5) is 12.1. The summed E-state index contributed by atoms with van der Waals surface area (Å²) in [5.41, 5.74) is 0.245. The summed E-state index contributed by atoms with van der Waals surface area (Å²) >= 11 is 0. The highest BCUT2D eigenvalue weighted by molar-refractivity contribution is 5.69. The van der Waals surface area contributed by atoms with Crippen molar-refractivity contribution in [2.45, 2.75) is 19.4 Å². The van der Waals surface area contributed by atoms with Crippen LogP contribution in [0.5, 0.6) is 0 Å². The second kappa shape index (κ2) is 5.98. The number of nitro benzene ring substituents is 1. The highest BCUT2D eigenvalue weighted by Crippen LogP contribution is 2.30. The van der Waals surface area contributed by atoms with Gasteiger partial charge in [0.05, 0.1) is 11.0 Å². The number of nitriles is 1. The first-order chi connectivity index (χ1) is 8.47. The molecule has 0 aliphatic carbocycles. The predicted octanol–water partition coefficient (Wildman–Crippen LogP) is 1.67. The Kier molecular flexibility index (Phi) is 4.63. The van der Waals surface area contributed by atoms with Crippen LogP contribution >= 0.6 is 0 Å². The Hall–Kier alpha value is -2.13. The van der Waals surface area contributed by atoms with Crippen LogP contribution < -0.4 is 4.90 Å². The van der Waals surface area contributed by atoms with E-state index in [0.29, 0.717) is 18.7 Å². The van der Waals surface area contributed by atoms with Gasteiger partial charge in [-0.1, -0.05) is 6.07 Å². The Morgan fingerprint density at radius 1 is 1.61 bits per heavy atom. The molecular weight excluding hydrogens is 234 g/mol. The molecule has 1 aromatic rings. The molecule has 18 heavy (non-hydrogen) atoms. The van der Waals surface area contributed by atoms with Gasteiger partial charge in [0.2, 0.25) is 0 Å². The average molecular weight is 249 g/mol. The topological polar surface area (TPSA) is 90.4 Å². The fourth-order valence-electron chi connectivity index (χ4n) is 1.62. The summed E-state index contributed by atoms with van der Waals surface area (Å²) in [6.45, 7) is 2.14. The Labute approximate surface area is 105 Å². The van der Waals surface area contributed by atoms with E-state index in [1.807, 2.05) is 6.07 Å². The summed E-state index contributed by atoms with van der Waals surface area (Å²) in [5.74, 6) is 0. The van der Waals surface area contributed by atoms with E-state index >= 15 is 0 Å². The molecule has 1 unspecified atom stereocenters. The van der Waals surface area contributed by atoms with Crippen molar-refractivity contribution in [1.82, 2.24) is 0 Å². The van der Waals surface area contributed by atoms with Gasteiger partial charge in [-0.05, 0) is 25.5 Å². The van der Waals surface area contributed by atoms with Gasteiger partial charge in [-0.3, -0.25) is 10.1 Å². The average Bonchev–Trinajstić information content (AvgIpc) is 2.34. The van der Waals surface area contributed by atoms with Crippen molar-refractivity contribution in [3.8, 4) is 6.07 Å². The van der Waals surface area contributed by atoms with E-state index < -0.39 is 11.0 Å². The second-order valence-corrected chi connectivity index (χ2v) is 4.10. The van der Waals surface area contributed by atoms with Crippen molar-refractivity contribution < 1.29 is 10.0 Å². The molecule has 0 spiro atoms. The lowest BCUT2D eigenvalue weighted by molar-refractivity contribution is -0.384. The third kappa shape index (κ3) is 3.18. The highest BCUT2D eigenvalue weighted by Gasteiger charge is 2.21. The van der Waals surface area contributed by atoms with Crippen molar-refractivity contribution in [3.05, 3.63) is 33.9 Å². The number of benzene rings is 1. The van der Waals surface area contributed by atoms with Gasteiger partial charge >= 0.3 is 5.69 Å². The molecule has 0 bridgehead atoms. The molecular formula is C12H15N3O3. The van der Waals surface area contributed by atoms with Crippen LogP contribution in [-0.2, 0) is 0 Å². The normalized spacial score (nSPS) is 11.7. The van der Waals surface area contributed by atoms with Gasteiger partial charge in [0.15, 0.2) is 0 Å². The second-order valence-electron chi connectivity index (χ2n) is 4.10. The van der Waals surface area contributed by atoms with Gasteiger partial charge in [0.25, 0.3) is 0 Å². The first-order valence-electron chi connectivity index (χ1n) is 5.54. The quantitative estimate of drug-likeness (QED) is 0.633. The van der Waals surface area contributed by atoms with Crippen molar-refractivity contribution in [2.24, 2.45) is 0 Å². The van der Waals surface area contributed by atoms with Crippen molar-refractivity contribution in [1.29, 1.82) is 5.26 Å². The Balaban J connectivity index is 3.08. The van der Waals surface area contributed by atoms with Gasteiger partial charge in [-0.25, -0.2) is 0 Å². The van der Waals surface area contributed by atoms with Gasteiger partial charge in [0, 0.05) is 13.6 Å². The Morgan fingerprint density at radius 2 is 2.28 bits per heavy atom. The molecule has 0 heterocycles. The lowest BCUT2D eigenvalue weighted by Crippen LogP contribution is -2.22. The van der Waals surface area contributed by atoms with Gasteiger partial charge in [-0.2, -0.15) is 5.26 Å². The number of aliphatic hydroxyl groups is 1.